The molecule has 0 bridgehead atoms. The average Bonchev–Trinajstić information content (AvgIpc) is 3.35. The van der Waals surface area contributed by atoms with Gasteiger partial charge >= 0.3 is 0 Å². The van der Waals surface area contributed by atoms with Gasteiger partial charge in [0, 0.05) is 51.9 Å². The number of carbonyl (C=O) groups is 1. The first kappa shape index (κ1) is 16.9. The van der Waals surface area contributed by atoms with Gasteiger partial charge in [0.15, 0.2) is 5.82 Å². The largest absolute Gasteiger partial charge is 0.381 e. The maximum atomic E-state index is 12.4. The Morgan fingerprint density at radius 3 is 2.60 bits per heavy atom. The number of piperazine rings is 1. The molecule has 3 saturated heterocycles. The Balaban J connectivity index is 1.26. The molecule has 3 aliphatic heterocycles. The lowest BCUT2D eigenvalue weighted by Gasteiger charge is -2.35. The predicted octanol–water partition coefficient (Wildman–Crippen LogP) is 0.787. The second-order valence-corrected chi connectivity index (χ2v) is 7.04. The van der Waals surface area contributed by atoms with Gasteiger partial charge < -0.3 is 18.9 Å². The van der Waals surface area contributed by atoms with Crippen LogP contribution in [0.5, 0.6) is 0 Å². The first-order valence-electron chi connectivity index (χ1n) is 9.32. The van der Waals surface area contributed by atoms with Crippen molar-refractivity contribution in [2.75, 3.05) is 46.0 Å². The van der Waals surface area contributed by atoms with E-state index < -0.39 is 0 Å². The molecule has 3 aliphatic rings. The number of aromatic nitrogens is 2. The van der Waals surface area contributed by atoms with Crippen LogP contribution in [0, 0.1) is 0 Å². The average molecular weight is 350 g/mol. The van der Waals surface area contributed by atoms with Crippen molar-refractivity contribution < 1.29 is 18.8 Å². The van der Waals surface area contributed by atoms with Crippen LogP contribution in [0.25, 0.3) is 0 Å². The minimum absolute atomic E-state index is 0.151. The Kier molecular flexibility index (Phi) is 5.28. The van der Waals surface area contributed by atoms with E-state index in [-0.39, 0.29) is 12.0 Å². The zero-order chi connectivity index (χ0) is 17.1. The zero-order valence-electron chi connectivity index (χ0n) is 14.6. The fourth-order valence-electron chi connectivity index (χ4n) is 3.74. The number of nitrogens with zero attached hydrogens (tertiary/aromatic N) is 4. The molecule has 4 rings (SSSR count). The van der Waals surface area contributed by atoms with Crippen LogP contribution in [0.1, 0.15) is 43.3 Å². The van der Waals surface area contributed by atoms with E-state index in [1.54, 1.807) is 0 Å². The minimum atomic E-state index is -0.217. The Morgan fingerprint density at radius 1 is 1.08 bits per heavy atom. The Morgan fingerprint density at radius 2 is 1.88 bits per heavy atom. The standard InChI is InChI=1S/C17H26N4O4/c22-17(14-2-1-9-24-14)21-7-5-20(6-8-21)12-15-18-16(25-19-15)13-3-10-23-11-4-13/h13-14H,1-12H2. The highest BCUT2D eigenvalue weighted by atomic mass is 16.5. The van der Waals surface area contributed by atoms with Crippen molar-refractivity contribution in [3.8, 4) is 0 Å². The summed E-state index contributed by atoms with van der Waals surface area (Å²) in [5, 5.41) is 4.13. The van der Waals surface area contributed by atoms with Crippen LogP contribution in [0.3, 0.4) is 0 Å². The lowest BCUT2D eigenvalue weighted by molar-refractivity contribution is -0.142. The molecule has 3 fully saturated rings. The van der Waals surface area contributed by atoms with Crippen LogP contribution in [0.2, 0.25) is 0 Å². The Bertz CT molecular complexity index is 573. The molecule has 0 aromatic carbocycles. The van der Waals surface area contributed by atoms with Gasteiger partial charge in [-0.15, -0.1) is 0 Å². The third kappa shape index (κ3) is 4.02. The second kappa shape index (κ2) is 7.80. The van der Waals surface area contributed by atoms with Crippen molar-refractivity contribution >= 4 is 5.91 Å². The molecule has 1 unspecified atom stereocenters. The molecule has 1 aromatic heterocycles. The summed E-state index contributed by atoms with van der Waals surface area (Å²) in [6, 6.07) is 0. The summed E-state index contributed by atoms with van der Waals surface area (Å²) in [5.41, 5.74) is 0. The number of ether oxygens (including phenoxy) is 2. The first-order chi connectivity index (χ1) is 12.3. The normalized spacial score (nSPS) is 26.2. The number of rotatable bonds is 4. The maximum Gasteiger partial charge on any atom is 0.251 e. The van der Waals surface area contributed by atoms with E-state index in [0.29, 0.717) is 19.1 Å². The van der Waals surface area contributed by atoms with Crippen molar-refractivity contribution in [3.63, 3.8) is 0 Å². The van der Waals surface area contributed by atoms with Crippen LogP contribution in [0.4, 0.5) is 0 Å². The molecule has 4 heterocycles. The molecule has 0 spiro atoms. The van der Waals surface area contributed by atoms with E-state index in [9.17, 15) is 4.79 Å². The van der Waals surface area contributed by atoms with Crippen LogP contribution in [0.15, 0.2) is 4.52 Å². The molecular formula is C17H26N4O4. The smallest absolute Gasteiger partial charge is 0.251 e. The second-order valence-electron chi connectivity index (χ2n) is 7.04. The third-order valence-electron chi connectivity index (χ3n) is 5.31. The number of carbonyl (C=O) groups excluding carboxylic acids is 1. The van der Waals surface area contributed by atoms with E-state index >= 15 is 0 Å². The summed E-state index contributed by atoms with van der Waals surface area (Å²) >= 11 is 0. The fraction of sp³-hybridized carbons (Fsp3) is 0.824. The summed E-state index contributed by atoms with van der Waals surface area (Å²) in [5.74, 6) is 1.96. The molecule has 1 amide bonds. The summed E-state index contributed by atoms with van der Waals surface area (Å²) in [6.07, 6.45) is 3.53. The van der Waals surface area contributed by atoms with Crippen LogP contribution in [-0.2, 0) is 20.8 Å². The lowest BCUT2D eigenvalue weighted by atomic mass is 10.0. The van der Waals surface area contributed by atoms with Gasteiger partial charge in [0.25, 0.3) is 5.91 Å². The highest BCUT2D eigenvalue weighted by molar-refractivity contribution is 5.81. The van der Waals surface area contributed by atoms with Gasteiger partial charge in [0.2, 0.25) is 5.89 Å². The quantitative estimate of drug-likeness (QED) is 0.794. The van der Waals surface area contributed by atoms with E-state index in [1.807, 2.05) is 4.90 Å². The van der Waals surface area contributed by atoms with Gasteiger partial charge in [-0.25, -0.2) is 0 Å². The topological polar surface area (TPSA) is 80.9 Å². The van der Waals surface area contributed by atoms with Crippen LogP contribution < -0.4 is 0 Å². The van der Waals surface area contributed by atoms with Crippen LogP contribution >= 0.6 is 0 Å². The van der Waals surface area contributed by atoms with Crippen molar-refractivity contribution in [1.29, 1.82) is 0 Å². The van der Waals surface area contributed by atoms with E-state index in [2.05, 4.69) is 15.0 Å². The minimum Gasteiger partial charge on any atom is -0.381 e. The van der Waals surface area contributed by atoms with Gasteiger partial charge in [-0.1, -0.05) is 5.16 Å². The lowest BCUT2D eigenvalue weighted by Crippen LogP contribution is -2.51. The van der Waals surface area contributed by atoms with Gasteiger partial charge in [-0.2, -0.15) is 4.98 Å². The number of hydrogen-bond acceptors (Lipinski definition) is 7. The molecule has 1 aromatic rings. The summed E-state index contributed by atoms with van der Waals surface area (Å²) in [7, 11) is 0. The molecule has 8 heteroatoms. The fourth-order valence-corrected chi connectivity index (χ4v) is 3.74. The maximum absolute atomic E-state index is 12.4. The van der Waals surface area contributed by atoms with Crippen molar-refractivity contribution in [2.24, 2.45) is 0 Å². The number of hydrogen-bond donors (Lipinski definition) is 0. The van der Waals surface area contributed by atoms with Crippen molar-refractivity contribution in [1.82, 2.24) is 19.9 Å². The Hall–Kier alpha value is -1.51. The van der Waals surface area contributed by atoms with Gasteiger partial charge in [0.1, 0.15) is 6.10 Å². The highest BCUT2D eigenvalue weighted by Crippen LogP contribution is 2.25. The summed E-state index contributed by atoms with van der Waals surface area (Å²) in [6.45, 7) is 6.07. The molecule has 0 aliphatic carbocycles. The Labute approximate surface area is 147 Å². The van der Waals surface area contributed by atoms with Gasteiger partial charge in [0.05, 0.1) is 6.54 Å². The van der Waals surface area contributed by atoms with E-state index in [4.69, 9.17) is 14.0 Å². The van der Waals surface area contributed by atoms with E-state index in [0.717, 1.165) is 76.8 Å². The third-order valence-corrected chi connectivity index (χ3v) is 5.31. The molecule has 0 N–H and O–H groups in total. The van der Waals surface area contributed by atoms with Crippen molar-refractivity contribution in [3.05, 3.63) is 11.7 Å². The molecule has 1 atom stereocenters. The summed E-state index contributed by atoms with van der Waals surface area (Å²) in [4.78, 5) is 21.1. The van der Waals surface area contributed by atoms with Gasteiger partial charge in [-0.05, 0) is 25.7 Å². The van der Waals surface area contributed by atoms with Gasteiger partial charge in [-0.3, -0.25) is 9.69 Å². The van der Waals surface area contributed by atoms with Crippen molar-refractivity contribution in [2.45, 2.75) is 44.2 Å². The monoisotopic (exact) mass is 350 g/mol. The highest BCUT2D eigenvalue weighted by Gasteiger charge is 2.30. The molecule has 8 nitrogen and oxygen atoms in total. The molecule has 0 radical (unpaired) electrons. The zero-order valence-corrected chi connectivity index (χ0v) is 14.6. The molecule has 138 valence electrons. The molecular weight excluding hydrogens is 324 g/mol. The number of amides is 1. The van der Waals surface area contributed by atoms with E-state index in [1.165, 1.54) is 0 Å². The molecule has 25 heavy (non-hydrogen) atoms. The SMILES string of the molecule is O=C(C1CCCO1)N1CCN(Cc2noc(C3CCOCC3)n2)CC1. The molecule has 0 saturated carbocycles. The predicted molar refractivity (Wildman–Crippen MR) is 87.9 cm³/mol. The summed E-state index contributed by atoms with van der Waals surface area (Å²) < 4.78 is 16.3. The first-order valence-corrected chi connectivity index (χ1v) is 9.32. The van der Waals surface area contributed by atoms with Crippen LogP contribution in [-0.4, -0.2) is 78.0 Å².